The van der Waals surface area contributed by atoms with Crippen molar-refractivity contribution in [2.24, 2.45) is 5.92 Å². The van der Waals surface area contributed by atoms with Crippen molar-refractivity contribution in [2.45, 2.75) is 32.9 Å². The number of hydrogen-bond donors (Lipinski definition) is 1. The van der Waals surface area contributed by atoms with Crippen LogP contribution >= 0.6 is 0 Å². The van der Waals surface area contributed by atoms with Gasteiger partial charge < -0.3 is 10.1 Å². The molecule has 0 aliphatic rings. The lowest BCUT2D eigenvalue weighted by atomic mass is 9.99. The second-order valence-electron chi connectivity index (χ2n) is 5.63. The van der Waals surface area contributed by atoms with Gasteiger partial charge in [-0.1, -0.05) is 32.4 Å². The monoisotopic (exact) mass is 331 g/mol. The first kappa shape index (κ1) is 17.7. The third kappa shape index (κ3) is 3.79. The van der Waals surface area contributed by atoms with Gasteiger partial charge in [0.1, 0.15) is 12.6 Å². The molecule has 7 heteroatoms. The molecule has 2 rings (SSSR count). The highest BCUT2D eigenvalue weighted by molar-refractivity contribution is 5.85. The molecule has 1 N–H and O–H groups in total. The van der Waals surface area contributed by atoms with Crippen LogP contribution in [0.5, 0.6) is 0 Å². The number of amides is 1. The molecule has 7 nitrogen and oxygen atoms in total. The lowest BCUT2D eigenvalue weighted by molar-refractivity contribution is -0.146. The van der Waals surface area contributed by atoms with Crippen molar-refractivity contribution in [1.29, 1.82) is 0 Å². The van der Waals surface area contributed by atoms with Gasteiger partial charge in [0.15, 0.2) is 0 Å². The van der Waals surface area contributed by atoms with Crippen molar-refractivity contribution in [3.05, 3.63) is 40.8 Å². The van der Waals surface area contributed by atoms with Crippen LogP contribution in [0.2, 0.25) is 0 Å². The van der Waals surface area contributed by atoms with Crippen LogP contribution in [0, 0.1) is 5.92 Å². The minimum Gasteiger partial charge on any atom is -0.467 e. The van der Waals surface area contributed by atoms with Gasteiger partial charge in [-0.2, -0.15) is 0 Å². The molecule has 1 aromatic heterocycles. The van der Waals surface area contributed by atoms with Gasteiger partial charge >= 0.3 is 5.97 Å². The minimum atomic E-state index is -0.740. The highest BCUT2D eigenvalue weighted by Crippen LogP contribution is 2.10. The van der Waals surface area contributed by atoms with Gasteiger partial charge in [0.05, 0.1) is 24.3 Å². The zero-order valence-corrected chi connectivity index (χ0v) is 14.0. The number of benzene rings is 1. The molecule has 0 aliphatic carbocycles. The van der Waals surface area contributed by atoms with Crippen LogP contribution in [0.1, 0.15) is 20.3 Å². The van der Waals surface area contributed by atoms with Crippen LogP contribution < -0.4 is 10.9 Å². The van der Waals surface area contributed by atoms with E-state index in [0.717, 1.165) is 0 Å². The van der Waals surface area contributed by atoms with Crippen molar-refractivity contribution in [1.82, 2.24) is 14.9 Å². The molecular formula is C17H21N3O4. The average Bonchev–Trinajstić information content (AvgIpc) is 2.60. The number of carbonyl (C=O) groups excluding carboxylic acids is 2. The fourth-order valence-corrected chi connectivity index (χ4v) is 2.44. The SMILES string of the molecule is CC[C@@H](C)[C@@H](NC(=O)Cn1c(=O)cnc2ccccc21)C(=O)OC. The van der Waals surface area contributed by atoms with E-state index in [2.05, 4.69) is 10.3 Å². The molecule has 0 bridgehead atoms. The molecule has 0 saturated carbocycles. The maximum absolute atomic E-state index is 12.4. The maximum Gasteiger partial charge on any atom is 0.328 e. The van der Waals surface area contributed by atoms with E-state index in [-0.39, 0.29) is 18.0 Å². The van der Waals surface area contributed by atoms with E-state index in [1.54, 1.807) is 24.3 Å². The largest absolute Gasteiger partial charge is 0.467 e. The summed E-state index contributed by atoms with van der Waals surface area (Å²) in [6.45, 7) is 3.59. The Balaban J connectivity index is 2.25. The first-order valence-corrected chi connectivity index (χ1v) is 7.79. The molecule has 0 unspecified atom stereocenters. The van der Waals surface area contributed by atoms with Crippen LogP contribution in [-0.4, -0.2) is 34.6 Å². The lowest BCUT2D eigenvalue weighted by Gasteiger charge is -2.22. The molecule has 2 aromatic rings. The predicted molar refractivity (Wildman–Crippen MR) is 89.4 cm³/mol. The molecule has 2 atom stereocenters. The highest BCUT2D eigenvalue weighted by atomic mass is 16.5. The van der Waals surface area contributed by atoms with E-state index in [4.69, 9.17) is 4.74 Å². The van der Waals surface area contributed by atoms with Crippen molar-refractivity contribution in [3.8, 4) is 0 Å². The predicted octanol–water partition coefficient (Wildman–Crippen LogP) is 1.10. The molecule has 0 radical (unpaired) electrons. The Morgan fingerprint density at radius 1 is 1.33 bits per heavy atom. The van der Waals surface area contributed by atoms with Gasteiger partial charge in [-0.3, -0.25) is 14.2 Å². The summed E-state index contributed by atoms with van der Waals surface area (Å²) < 4.78 is 6.08. The number of methoxy groups -OCH3 is 1. The number of hydrogen-bond acceptors (Lipinski definition) is 5. The normalized spacial score (nSPS) is 13.3. The molecular weight excluding hydrogens is 310 g/mol. The van der Waals surface area contributed by atoms with Crippen LogP contribution in [0.3, 0.4) is 0 Å². The number of fused-ring (bicyclic) bond motifs is 1. The number of rotatable bonds is 6. The standard InChI is InChI=1S/C17H21N3O4/c1-4-11(2)16(17(23)24-3)19-14(21)10-20-13-8-6-5-7-12(13)18-9-15(20)22/h5-9,11,16H,4,10H2,1-3H3,(H,19,21)/t11-,16-/m1/s1. The molecule has 1 heterocycles. The Kier molecular flexibility index (Phi) is 5.68. The maximum atomic E-state index is 12.4. The van der Waals surface area contributed by atoms with Crippen LogP contribution in [0.25, 0.3) is 11.0 Å². The quantitative estimate of drug-likeness (QED) is 0.801. The molecule has 24 heavy (non-hydrogen) atoms. The van der Waals surface area contributed by atoms with Crippen LogP contribution in [-0.2, 0) is 20.9 Å². The van der Waals surface area contributed by atoms with E-state index < -0.39 is 17.9 Å². The third-order valence-electron chi connectivity index (χ3n) is 4.04. The van der Waals surface area contributed by atoms with Crippen molar-refractivity contribution >= 4 is 22.9 Å². The summed E-state index contributed by atoms with van der Waals surface area (Å²) >= 11 is 0. The number of para-hydroxylation sites is 2. The summed E-state index contributed by atoms with van der Waals surface area (Å²) in [5.41, 5.74) is 0.816. The van der Waals surface area contributed by atoms with Gasteiger partial charge in [0.25, 0.3) is 5.56 Å². The number of nitrogens with zero attached hydrogens (tertiary/aromatic N) is 2. The second-order valence-corrected chi connectivity index (χ2v) is 5.63. The lowest BCUT2D eigenvalue weighted by Crippen LogP contribution is -2.47. The number of esters is 1. The topological polar surface area (TPSA) is 90.3 Å². The van der Waals surface area contributed by atoms with Crippen molar-refractivity contribution in [3.63, 3.8) is 0 Å². The Hall–Kier alpha value is -2.70. The van der Waals surface area contributed by atoms with Gasteiger partial charge in [-0.05, 0) is 18.1 Å². The van der Waals surface area contributed by atoms with E-state index in [0.29, 0.717) is 17.5 Å². The first-order chi connectivity index (χ1) is 11.5. The Morgan fingerprint density at radius 3 is 2.71 bits per heavy atom. The molecule has 1 aromatic carbocycles. The zero-order valence-electron chi connectivity index (χ0n) is 14.0. The second kappa shape index (κ2) is 7.72. The fraction of sp³-hybridized carbons (Fsp3) is 0.412. The van der Waals surface area contributed by atoms with E-state index in [1.807, 2.05) is 13.8 Å². The zero-order chi connectivity index (χ0) is 17.7. The van der Waals surface area contributed by atoms with Gasteiger partial charge in [-0.15, -0.1) is 0 Å². The minimum absolute atomic E-state index is 0.0766. The van der Waals surface area contributed by atoms with E-state index >= 15 is 0 Å². The fourth-order valence-electron chi connectivity index (χ4n) is 2.44. The number of carbonyl (C=O) groups is 2. The van der Waals surface area contributed by atoms with Gasteiger partial charge in [0, 0.05) is 0 Å². The summed E-state index contributed by atoms with van der Waals surface area (Å²) in [5.74, 6) is -0.999. The average molecular weight is 331 g/mol. The van der Waals surface area contributed by atoms with Crippen molar-refractivity contribution < 1.29 is 14.3 Å². The first-order valence-electron chi connectivity index (χ1n) is 7.79. The molecule has 0 spiro atoms. The molecule has 0 fully saturated rings. The summed E-state index contributed by atoms with van der Waals surface area (Å²) in [4.78, 5) is 40.3. The molecule has 0 aliphatic heterocycles. The van der Waals surface area contributed by atoms with Gasteiger partial charge in [-0.25, -0.2) is 9.78 Å². The Bertz CT molecular complexity index is 800. The van der Waals surface area contributed by atoms with Gasteiger partial charge in [0.2, 0.25) is 5.91 Å². The van der Waals surface area contributed by atoms with Crippen LogP contribution in [0.15, 0.2) is 35.3 Å². The summed E-state index contributed by atoms with van der Waals surface area (Å²) in [6.07, 6.45) is 1.89. The summed E-state index contributed by atoms with van der Waals surface area (Å²) in [6, 6.07) is 6.33. The Morgan fingerprint density at radius 2 is 2.04 bits per heavy atom. The highest BCUT2D eigenvalue weighted by Gasteiger charge is 2.26. The molecule has 0 saturated heterocycles. The Labute approximate surface area is 139 Å². The summed E-state index contributed by atoms with van der Waals surface area (Å²) in [7, 11) is 1.28. The van der Waals surface area contributed by atoms with E-state index in [1.165, 1.54) is 17.9 Å². The van der Waals surface area contributed by atoms with E-state index in [9.17, 15) is 14.4 Å². The number of ether oxygens (including phenoxy) is 1. The molecule has 1 amide bonds. The third-order valence-corrected chi connectivity index (χ3v) is 4.04. The summed E-state index contributed by atoms with van der Waals surface area (Å²) in [5, 5.41) is 2.67. The smallest absolute Gasteiger partial charge is 0.328 e. The van der Waals surface area contributed by atoms with Crippen molar-refractivity contribution in [2.75, 3.05) is 7.11 Å². The molecule has 128 valence electrons. The van der Waals surface area contributed by atoms with Crippen LogP contribution in [0.4, 0.5) is 0 Å². The number of aromatic nitrogens is 2. The number of nitrogens with one attached hydrogen (secondary N) is 1.